The van der Waals surface area contributed by atoms with Gasteiger partial charge in [0.1, 0.15) is 0 Å². The van der Waals surface area contributed by atoms with Crippen LogP contribution in [0.2, 0.25) is 0 Å². The second kappa shape index (κ2) is 3.13. The van der Waals surface area contributed by atoms with Gasteiger partial charge in [-0.2, -0.15) is 0 Å². The zero-order valence-electron chi connectivity index (χ0n) is 5.33. The molecular formula is C4H7N2Na. The van der Waals surface area contributed by atoms with E-state index in [1.807, 2.05) is 12.1 Å². The van der Waals surface area contributed by atoms with Crippen molar-refractivity contribution in [3.8, 4) is 0 Å². The van der Waals surface area contributed by atoms with Crippen LogP contribution >= 0.6 is 0 Å². The Hall–Kier alpha value is 0.0800. The maximum atomic E-state index is 5.19. The third kappa shape index (κ3) is 2.02. The molecule has 1 rings (SSSR count). The topological polar surface area (TPSA) is 30.9 Å². The first-order valence-electron chi connectivity index (χ1n) is 1.77. The largest absolute Gasteiger partial charge is 1.00 e. The first-order valence-corrected chi connectivity index (χ1v) is 1.77. The summed E-state index contributed by atoms with van der Waals surface area (Å²) in [6.07, 6.45) is 3.56. The van der Waals surface area contributed by atoms with Gasteiger partial charge in [-0.25, -0.2) is 0 Å². The molecule has 1 heterocycles. The number of nitrogens with two attached hydrogens (primary N) is 1. The number of nitrogens with zero attached hydrogens (tertiary/aromatic N) is 1. The van der Waals surface area contributed by atoms with Crippen molar-refractivity contribution in [2.75, 3.05) is 5.84 Å². The van der Waals surface area contributed by atoms with Crippen molar-refractivity contribution >= 4 is 0 Å². The molecule has 0 fully saturated rings. The molecule has 2 nitrogen and oxygen atoms in total. The smallest absolute Gasteiger partial charge is 1.00 e. The molecule has 0 aromatic carbocycles. The maximum absolute atomic E-state index is 5.19. The van der Waals surface area contributed by atoms with Crippen molar-refractivity contribution in [3.05, 3.63) is 24.5 Å². The summed E-state index contributed by atoms with van der Waals surface area (Å²) in [5.74, 6) is 5.19. The van der Waals surface area contributed by atoms with E-state index in [1.54, 1.807) is 12.4 Å². The van der Waals surface area contributed by atoms with Crippen LogP contribution in [-0.4, -0.2) is 4.68 Å². The molecule has 0 spiro atoms. The first-order chi connectivity index (χ1) is 2.89. The van der Waals surface area contributed by atoms with E-state index >= 15 is 0 Å². The van der Waals surface area contributed by atoms with Gasteiger partial charge in [0, 0.05) is 12.4 Å². The second-order valence-electron chi connectivity index (χ2n) is 1.13. The van der Waals surface area contributed by atoms with Gasteiger partial charge >= 0.3 is 29.6 Å². The Morgan fingerprint density at radius 3 is 1.86 bits per heavy atom. The summed E-state index contributed by atoms with van der Waals surface area (Å²) >= 11 is 0. The molecule has 0 saturated heterocycles. The van der Waals surface area contributed by atoms with Crippen LogP contribution in [0.25, 0.3) is 0 Å². The molecule has 0 atom stereocenters. The Kier molecular flexibility index (Phi) is 3.17. The quantitative estimate of drug-likeness (QED) is 0.283. The number of nitrogen functional groups attached to an aromatic ring is 1. The van der Waals surface area contributed by atoms with Crippen molar-refractivity contribution < 1.29 is 31.0 Å². The Labute approximate surface area is 66.1 Å². The molecule has 0 saturated carbocycles. The van der Waals surface area contributed by atoms with Gasteiger partial charge in [-0.3, -0.25) is 4.68 Å². The molecule has 3 heteroatoms. The number of rotatable bonds is 0. The predicted molar refractivity (Wildman–Crippen MR) is 25.7 cm³/mol. The normalized spacial score (nSPS) is 7.43. The first kappa shape index (κ1) is 7.08. The number of hydrogen-bond donors (Lipinski definition) is 1. The fourth-order valence-corrected chi connectivity index (χ4v) is 0.348. The monoisotopic (exact) mass is 106 g/mol. The van der Waals surface area contributed by atoms with Crippen LogP contribution in [0.15, 0.2) is 24.5 Å². The zero-order valence-corrected chi connectivity index (χ0v) is 6.33. The number of aromatic nitrogens is 1. The maximum Gasteiger partial charge on any atom is 1.00 e. The van der Waals surface area contributed by atoms with E-state index in [-0.39, 0.29) is 31.0 Å². The molecule has 0 aliphatic carbocycles. The van der Waals surface area contributed by atoms with E-state index in [0.29, 0.717) is 0 Å². The summed E-state index contributed by atoms with van der Waals surface area (Å²) in [6, 6.07) is 3.75. The van der Waals surface area contributed by atoms with Gasteiger partial charge in [0.25, 0.3) is 0 Å². The Balaban J connectivity index is 0. The molecule has 7 heavy (non-hydrogen) atoms. The van der Waals surface area contributed by atoms with Crippen LogP contribution in [-0.2, 0) is 0 Å². The molecule has 0 aliphatic rings. The second-order valence-corrected chi connectivity index (χ2v) is 1.13. The van der Waals surface area contributed by atoms with Crippen LogP contribution in [0.3, 0.4) is 0 Å². The summed E-state index contributed by atoms with van der Waals surface area (Å²) in [6.45, 7) is 0. The van der Waals surface area contributed by atoms with Crippen LogP contribution < -0.4 is 35.4 Å². The SMILES string of the molecule is Nn1cccc1.[H-].[Na+]. The number of hydrogen-bond acceptors (Lipinski definition) is 1. The molecule has 1 aromatic rings. The summed E-state index contributed by atoms with van der Waals surface area (Å²) in [7, 11) is 0. The molecular weight excluding hydrogens is 99.0 g/mol. The molecule has 0 amide bonds. The molecule has 0 aliphatic heterocycles. The minimum Gasteiger partial charge on any atom is -1.00 e. The average Bonchev–Trinajstić information content (AvgIpc) is 1.86. The Bertz CT molecular complexity index is 118. The summed E-state index contributed by atoms with van der Waals surface area (Å²) in [4.78, 5) is 0. The molecule has 2 N–H and O–H groups in total. The zero-order chi connectivity index (χ0) is 4.41. The van der Waals surface area contributed by atoms with Gasteiger partial charge in [-0.15, -0.1) is 0 Å². The minimum atomic E-state index is 0. The third-order valence-electron chi connectivity index (χ3n) is 0.628. The molecule has 34 valence electrons. The van der Waals surface area contributed by atoms with Gasteiger partial charge in [0.15, 0.2) is 0 Å². The van der Waals surface area contributed by atoms with Crippen LogP contribution in [0.5, 0.6) is 0 Å². The minimum absolute atomic E-state index is 0. The van der Waals surface area contributed by atoms with Gasteiger partial charge in [0.05, 0.1) is 0 Å². The van der Waals surface area contributed by atoms with E-state index in [1.165, 1.54) is 4.68 Å². The Morgan fingerprint density at radius 2 is 1.71 bits per heavy atom. The van der Waals surface area contributed by atoms with E-state index < -0.39 is 0 Å². The van der Waals surface area contributed by atoms with E-state index in [0.717, 1.165) is 0 Å². The van der Waals surface area contributed by atoms with E-state index in [4.69, 9.17) is 5.84 Å². The van der Waals surface area contributed by atoms with Crippen molar-refractivity contribution in [2.45, 2.75) is 0 Å². The van der Waals surface area contributed by atoms with Gasteiger partial charge in [-0.1, -0.05) is 0 Å². The van der Waals surface area contributed by atoms with Gasteiger partial charge in [-0.05, 0) is 12.1 Å². The Morgan fingerprint density at radius 1 is 1.29 bits per heavy atom. The van der Waals surface area contributed by atoms with Crippen molar-refractivity contribution in [1.29, 1.82) is 0 Å². The van der Waals surface area contributed by atoms with E-state index in [2.05, 4.69) is 0 Å². The van der Waals surface area contributed by atoms with Gasteiger partial charge in [0.2, 0.25) is 0 Å². The third-order valence-corrected chi connectivity index (χ3v) is 0.628. The van der Waals surface area contributed by atoms with Crippen LogP contribution in [0.4, 0.5) is 0 Å². The molecule has 0 radical (unpaired) electrons. The van der Waals surface area contributed by atoms with Gasteiger partial charge < -0.3 is 7.27 Å². The fourth-order valence-electron chi connectivity index (χ4n) is 0.348. The predicted octanol–water partition coefficient (Wildman–Crippen LogP) is -2.68. The summed E-state index contributed by atoms with van der Waals surface area (Å²) < 4.78 is 1.50. The molecule has 1 aromatic heterocycles. The standard InChI is InChI=1S/C4H6N2.Na.H/c5-6-3-1-2-4-6;;/h1-4H,5H2;;/q;+1;-1. The molecule has 0 unspecified atom stereocenters. The summed E-state index contributed by atoms with van der Waals surface area (Å²) in [5, 5.41) is 0. The van der Waals surface area contributed by atoms with Crippen LogP contribution in [0, 0.1) is 0 Å². The fraction of sp³-hybridized carbons (Fsp3) is 0. The van der Waals surface area contributed by atoms with Crippen molar-refractivity contribution in [3.63, 3.8) is 0 Å². The van der Waals surface area contributed by atoms with Crippen LogP contribution in [0.1, 0.15) is 1.43 Å². The summed E-state index contributed by atoms with van der Waals surface area (Å²) in [5.41, 5.74) is 0. The average molecular weight is 106 g/mol. The van der Waals surface area contributed by atoms with E-state index in [9.17, 15) is 0 Å². The van der Waals surface area contributed by atoms with Crippen molar-refractivity contribution in [1.82, 2.24) is 4.68 Å². The molecule has 0 bridgehead atoms. The van der Waals surface area contributed by atoms with Crippen molar-refractivity contribution in [2.24, 2.45) is 0 Å².